The maximum Gasteiger partial charge on any atom is 0.416 e. The van der Waals surface area contributed by atoms with E-state index in [2.05, 4.69) is 10.5 Å². The van der Waals surface area contributed by atoms with Gasteiger partial charge in [0, 0.05) is 10.4 Å². The summed E-state index contributed by atoms with van der Waals surface area (Å²) < 4.78 is 42.8. The summed E-state index contributed by atoms with van der Waals surface area (Å²) in [7, 11) is 0. The summed E-state index contributed by atoms with van der Waals surface area (Å²) in [5.41, 5.74) is 2.40. The van der Waals surface area contributed by atoms with Crippen molar-refractivity contribution in [2.75, 3.05) is 0 Å². The Morgan fingerprint density at radius 1 is 1.12 bits per heavy atom. The fourth-order valence-electron chi connectivity index (χ4n) is 2.10. The number of rotatable bonds is 3. The summed E-state index contributed by atoms with van der Waals surface area (Å²) in [5.74, 6) is -0.544. The molecule has 0 bridgehead atoms. The fraction of sp³-hybridized carbons (Fsp3) is 0.0588. The van der Waals surface area contributed by atoms with Gasteiger partial charge in [-0.3, -0.25) is 4.79 Å². The van der Waals surface area contributed by atoms with E-state index < -0.39 is 17.6 Å². The molecule has 1 amide bonds. The summed E-state index contributed by atoms with van der Waals surface area (Å²) in [5, 5.41) is 4.89. The van der Waals surface area contributed by atoms with Gasteiger partial charge >= 0.3 is 12.1 Å². The van der Waals surface area contributed by atoms with Crippen LogP contribution in [-0.4, -0.2) is 12.1 Å². The molecule has 0 aliphatic rings. The minimum Gasteiger partial charge on any atom is -0.451 e. The molecular formula is C17H10ClF3N2O2. The molecule has 2 aromatic carbocycles. The van der Waals surface area contributed by atoms with Crippen LogP contribution < -0.4 is 5.43 Å². The average molecular weight is 367 g/mol. The molecule has 4 nitrogen and oxygen atoms in total. The molecule has 3 rings (SSSR count). The van der Waals surface area contributed by atoms with Gasteiger partial charge in [-0.15, -0.1) is 0 Å². The highest BCUT2D eigenvalue weighted by molar-refractivity contribution is 6.31. The monoisotopic (exact) mass is 366 g/mol. The van der Waals surface area contributed by atoms with Crippen LogP contribution in [0.4, 0.5) is 13.2 Å². The molecule has 0 aliphatic heterocycles. The number of nitrogens with one attached hydrogen (secondary N) is 1. The number of carbonyl (C=O) groups excluding carboxylic acids is 1. The molecular weight excluding hydrogens is 357 g/mol. The van der Waals surface area contributed by atoms with Crippen LogP contribution in [0.2, 0.25) is 5.02 Å². The number of halogens is 4. The number of nitrogens with zero attached hydrogens (tertiary/aromatic N) is 1. The predicted molar refractivity (Wildman–Crippen MR) is 87.7 cm³/mol. The third-order valence-corrected chi connectivity index (χ3v) is 3.55. The van der Waals surface area contributed by atoms with E-state index in [1.54, 1.807) is 18.2 Å². The lowest BCUT2D eigenvalue weighted by atomic mass is 10.1. The van der Waals surface area contributed by atoms with Crippen molar-refractivity contribution in [2.24, 2.45) is 5.10 Å². The lowest BCUT2D eigenvalue weighted by Crippen LogP contribution is -2.16. The quantitative estimate of drug-likeness (QED) is 0.531. The number of alkyl halides is 3. The zero-order valence-corrected chi connectivity index (χ0v) is 13.2. The minimum absolute atomic E-state index is 0.0434. The molecule has 8 heteroatoms. The second-order valence-corrected chi connectivity index (χ2v) is 5.55. The second kappa shape index (κ2) is 6.60. The topological polar surface area (TPSA) is 54.6 Å². The van der Waals surface area contributed by atoms with Crippen molar-refractivity contribution in [3.63, 3.8) is 0 Å². The van der Waals surface area contributed by atoms with Gasteiger partial charge in [-0.1, -0.05) is 23.7 Å². The second-order valence-electron chi connectivity index (χ2n) is 5.11. The molecule has 25 heavy (non-hydrogen) atoms. The molecule has 0 aliphatic carbocycles. The Bertz CT molecular complexity index is 947. The Morgan fingerprint density at radius 3 is 2.52 bits per heavy atom. The average Bonchev–Trinajstić information content (AvgIpc) is 2.97. The summed E-state index contributed by atoms with van der Waals surface area (Å²) in [6.07, 6.45) is -3.16. The number of hydrogen-bond acceptors (Lipinski definition) is 3. The Labute approximate surface area is 144 Å². The van der Waals surface area contributed by atoms with Gasteiger partial charge in [0.2, 0.25) is 0 Å². The van der Waals surface area contributed by atoms with E-state index in [1.807, 2.05) is 0 Å². The van der Waals surface area contributed by atoms with Crippen LogP contribution in [0, 0.1) is 0 Å². The molecule has 0 fully saturated rings. The maximum absolute atomic E-state index is 12.5. The Morgan fingerprint density at radius 2 is 1.84 bits per heavy atom. The Balaban J connectivity index is 1.67. The number of hydrazone groups is 1. The smallest absolute Gasteiger partial charge is 0.416 e. The van der Waals surface area contributed by atoms with E-state index in [-0.39, 0.29) is 5.76 Å². The van der Waals surface area contributed by atoms with Crippen molar-refractivity contribution in [1.82, 2.24) is 5.43 Å². The van der Waals surface area contributed by atoms with E-state index in [9.17, 15) is 18.0 Å². The van der Waals surface area contributed by atoms with E-state index in [4.69, 9.17) is 16.0 Å². The molecule has 0 unspecified atom stereocenters. The van der Waals surface area contributed by atoms with E-state index in [0.29, 0.717) is 21.6 Å². The predicted octanol–water partition coefficient (Wildman–Crippen LogP) is 4.87. The van der Waals surface area contributed by atoms with Gasteiger partial charge in [0.05, 0.1) is 11.8 Å². The van der Waals surface area contributed by atoms with Crippen LogP contribution in [0.3, 0.4) is 0 Å². The lowest BCUT2D eigenvalue weighted by molar-refractivity contribution is -0.137. The van der Waals surface area contributed by atoms with Crippen molar-refractivity contribution in [1.29, 1.82) is 0 Å². The Hall–Kier alpha value is -2.80. The van der Waals surface area contributed by atoms with E-state index >= 15 is 0 Å². The van der Waals surface area contributed by atoms with Crippen LogP contribution in [-0.2, 0) is 6.18 Å². The van der Waals surface area contributed by atoms with Gasteiger partial charge in [0.1, 0.15) is 5.58 Å². The largest absolute Gasteiger partial charge is 0.451 e. The van der Waals surface area contributed by atoms with E-state index in [1.165, 1.54) is 24.4 Å². The highest BCUT2D eigenvalue weighted by Gasteiger charge is 2.29. The third kappa shape index (κ3) is 4.00. The molecule has 0 atom stereocenters. The van der Waals surface area contributed by atoms with Crippen molar-refractivity contribution in [3.05, 3.63) is 70.4 Å². The first kappa shape index (κ1) is 17.0. The van der Waals surface area contributed by atoms with Crippen LogP contribution in [0.25, 0.3) is 11.0 Å². The normalized spacial score (nSPS) is 12.0. The first-order valence-corrected chi connectivity index (χ1v) is 7.40. The third-order valence-electron chi connectivity index (χ3n) is 3.32. The fourth-order valence-corrected chi connectivity index (χ4v) is 2.29. The molecule has 1 N–H and O–H groups in total. The van der Waals surface area contributed by atoms with Gasteiger partial charge in [0.25, 0.3) is 0 Å². The lowest BCUT2D eigenvalue weighted by Gasteiger charge is -2.05. The molecule has 0 saturated carbocycles. The summed E-state index contributed by atoms with van der Waals surface area (Å²) in [6, 6.07) is 10.8. The highest BCUT2D eigenvalue weighted by atomic mass is 35.5. The summed E-state index contributed by atoms with van der Waals surface area (Å²) in [4.78, 5) is 12.0. The van der Waals surface area contributed by atoms with Gasteiger partial charge in [-0.05, 0) is 42.0 Å². The van der Waals surface area contributed by atoms with Crippen LogP contribution in [0.1, 0.15) is 21.7 Å². The zero-order chi connectivity index (χ0) is 18.0. The number of amides is 1. The SMILES string of the molecule is O=C(N/N=C/c1ccc(C(F)(F)F)cc1)c1cc2cc(Cl)ccc2o1. The van der Waals surface area contributed by atoms with E-state index in [0.717, 1.165) is 12.1 Å². The van der Waals surface area contributed by atoms with Gasteiger partial charge in [0.15, 0.2) is 5.76 Å². The number of benzene rings is 2. The first-order chi connectivity index (χ1) is 11.8. The molecule has 1 aromatic heterocycles. The first-order valence-electron chi connectivity index (χ1n) is 7.03. The maximum atomic E-state index is 12.5. The van der Waals surface area contributed by atoms with Crippen molar-refractivity contribution >= 4 is 34.7 Å². The van der Waals surface area contributed by atoms with Crippen molar-refractivity contribution in [2.45, 2.75) is 6.18 Å². The highest BCUT2D eigenvalue weighted by Crippen LogP contribution is 2.28. The molecule has 1 heterocycles. The van der Waals surface area contributed by atoms with Gasteiger partial charge in [-0.25, -0.2) is 5.43 Å². The van der Waals surface area contributed by atoms with Crippen molar-refractivity contribution < 1.29 is 22.4 Å². The van der Waals surface area contributed by atoms with Crippen LogP contribution in [0.15, 0.2) is 58.0 Å². The molecule has 0 radical (unpaired) electrons. The van der Waals surface area contributed by atoms with Crippen LogP contribution >= 0.6 is 11.6 Å². The standard InChI is InChI=1S/C17H10ClF3N2O2/c18-13-5-6-14-11(7-13)8-15(25-14)16(24)23-22-9-10-1-3-12(4-2-10)17(19,20)21/h1-9H,(H,23,24)/b22-9+. The van der Waals surface area contributed by atoms with Crippen LogP contribution in [0.5, 0.6) is 0 Å². The Kier molecular flexibility index (Phi) is 4.50. The molecule has 3 aromatic rings. The zero-order valence-electron chi connectivity index (χ0n) is 12.5. The molecule has 0 spiro atoms. The van der Waals surface area contributed by atoms with Gasteiger partial charge < -0.3 is 4.42 Å². The number of fused-ring (bicyclic) bond motifs is 1. The van der Waals surface area contributed by atoms with Gasteiger partial charge in [-0.2, -0.15) is 18.3 Å². The summed E-state index contributed by atoms with van der Waals surface area (Å²) in [6.45, 7) is 0. The molecule has 0 saturated heterocycles. The summed E-state index contributed by atoms with van der Waals surface area (Å²) >= 11 is 5.86. The number of hydrogen-bond donors (Lipinski definition) is 1. The number of carbonyl (C=O) groups is 1. The molecule has 128 valence electrons. The minimum atomic E-state index is -4.39. The van der Waals surface area contributed by atoms with Crippen molar-refractivity contribution in [3.8, 4) is 0 Å². The number of furan rings is 1.